The molecular weight excluding hydrogens is 96.0 g/mol. The second kappa shape index (κ2) is 3.61. The van der Waals surface area contributed by atoms with Gasteiger partial charge in [0.05, 0.1) is 0 Å². The van der Waals surface area contributed by atoms with Gasteiger partial charge in [-0.15, -0.1) is 0 Å². The number of carbonyl (C=O) groups is 1. The van der Waals surface area contributed by atoms with E-state index in [2.05, 4.69) is 0 Å². The quantitative estimate of drug-likeness (QED) is 0.498. The van der Waals surface area contributed by atoms with Crippen molar-refractivity contribution in [1.29, 1.82) is 0 Å². The average Bonchev–Trinajstić information content (AvgIpc) is 1.36. The summed E-state index contributed by atoms with van der Waals surface area (Å²) in [7, 11) is 0. The molecule has 0 bridgehead atoms. The van der Waals surface area contributed by atoms with Gasteiger partial charge in [0.2, 0.25) is 0 Å². The zero-order valence-corrected chi connectivity index (χ0v) is 3.38. The first-order valence-corrected chi connectivity index (χ1v) is 1.55. The standard InChI is InChI=1S/C3H6O3.CH4/c1-2(4)3(5)6;/h2,4H,1H3,(H,5,6);1H4/t2-;/m0./s1. The van der Waals surface area contributed by atoms with Gasteiger partial charge in [-0.3, -0.25) is 0 Å². The molecule has 3 heteroatoms. The van der Waals surface area contributed by atoms with Gasteiger partial charge in [0.25, 0.3) is 0 Å². The van der Waals surface area contributed by atoms with E-state index < -0.39 is 12.1 Å². The Morgan fingerprint density at radius 3 is 1.86 bits per heavy atom. The molecule has 0 aromatic heterocycles. The van der Waals surface area contributed by atoms with Crippen molar-refractivity contribution in [3.63, 3.8) is 0 Å². The van der Waals surface area contributed by atoms with Crippen LogP contribution in [-0.4, -0.2) is 22.3 Å². The van der Waals surface area contributed by atoms with Crippen LogP contribution in [0.4, 0.5) is 0 Å². The third kappa shape index (κ3) is 5.43. The van der Waals surface area contributed by atoms with Gasteiger partial charge >= 0.3 is 5.97 Å². The smallest absolute Gasteiger partial charge is 0.332 e. The highest BCUT2D eigenvalue weighted by Crippen LogP contribution is 1.73. The molecule has 0 aromatic rings. The van der Waals surface area contributed by atoms with Gasteiger partial charge in [-0.25, -0.2) is 4.79 Å². The van der Waals surface area contributed by atoms with Crippen molar-refractivity contribution in [2.24, 2.45) is 0 Å². The van der Waals surface area contributed by atoms with Gasteiger partial charge in [0, 0.05) is 0 Å². The molecule has 44 valence electrons. The van der Waals surface area contributed by atoms with Crippen LogP contribution in [0.3, 0.4) is 0 Å². The minimum absolute atomic E-state index is 0. The summed E-state index contributed by atoms with van der Waals surface area (Å²) in [6.45, 7) is 1.20. The van der Waals surface area contributed by atoms with E-state index >= 15 is 0 Å². The van der Waals surface area contributed by atoms with E-state index in [4.69, 9.17) is 10.2 Å². The Morgan fingerprint density at radius 2 is 1.86 bits per heavy atom. The predicted molar refractivity (Wildman–Crippen MR) is 26.0 cm³/mol. The fourth-order valence-corrected chi connectivity index (χ4v) is 0. The molecule has 0 aliphatic heterocycles. The molecule has 0 aromatic carbocycles. The van der Waals surface area contributed by atoms with Crippen LogP contribution in [0.25, 0.3) is 0 Å². The first kappa shape index (κ1) is 9.66. The molecule has 7 heavy (non-hydrogen) atoms. The van der Waals surface area contributed by atoms with E-state index in [0.29, 0.717) is 0 Å². The zero-order valence-electron chi connectivity index (χ0n) is 3.38. The third-order valence-corrected chi connectivity index (χ3v) is 0.357. The number of aliphatic hydroxyl groups is 1. The number of aliphatic hydroxyl groups excluding tert-OH is 1. The number of carboxylic acids is 1. The molecule has 0 unspecified atom stereocenters. The number of rotatable bonds is 1. The monoisotopic (exact) mass is 106 g/mol. The molecule has 3 nitrogen and oxygen atoms in total. The van der Waals surface area contributed by atoms with E-state index in [-0.39, 0.29) is 7.43 Å². The lowest BCUT2D eigenvalue weighted by Crippen LogP contribution is -2.13. The molecule has 0 aliphatic carbocycles. The van der Waals surface area contributed by atoms with Gasteiger partial charge in [-0.2, -0.15) is 0 Å². The molecule has 0 spiro atoms. The molecule has 0 heterocycles. The lowest BCUT2D eigenvalue weighted by Gasteiger charge is -1.89. The average molecular weight is 106 g/mol. The highest BCUT2D eigenvalue weighted by molar-refractivity contribution is 5.71. The van der Waals surface area contributed by atoms with Crippen LogP contribution in [0.5, 0.6) is 0 Å². The molecule has 1 atom stereocenters. The Morgan fingerprint density at radius 1 is 1.71 bits per heavy atom. The molecule has 2 N–H and O–H groups in total. The van der Waals surface area contributed by atoms with Crippen molar-refractivity contribution >= 4 is 5.97 Å². The van der Waals surface area contributed by atoms with Crippen LogP contribution in [0.2, 0.25) is 0 Å². The summed E-state index contributed by atoms with van der Waals surface area (Å²) in [4.78, 5) is 9.45. The first-order chi connectivity index (χ1) is 2.64. The fraction of sp³-hybridized carbons (Fsp3) is 0.750. The highest BCUT2D eigenvalue weighted by Gasteiger charge is 2.01. The van der Waals surface area contributed by atoms with E-state index in [1.54, 1.807) is 0 Å². The zero-order chi connectivity index (χ0) is 5.15. The summed E-state index contributed by atoms with van der Waals surface area (Å²) in [5, 5.41) is 15.8. The highest BCUT2D eigenvalue weighted by atomic mass is 16.4. The van der Waals surface area contributed by atoms with Crippen LogP contribution in [-0.2, 0) is 4.79 Å². The van der Waals surface area contributed by atoms with Gasteiger partial charge in [-0.1, -0.05) is 7.43 Å². The van der Waals surface area contributed by atoms with Crippen LogP contribution in [0.15, 0.2) is 0 Å². The van der Waals surface area contributed by atoms with E-state index in [9.17, 15) is 4.79 Å². The lowest BCUT2D eigenvalue weighted by molar-refractivity contribution is -0.145. The Kier molecular flexibility index (Phi) is 4.99. The normalized spacial score (nSPS) is 11.7. The molecule has 0 radical (unpaired) electrons. The Hall–Kier alpha value is -0.570. The largest absolute Gasteiger partial charge is 0.479 e. The van der Waals surface area contributed by atoms with Crippen molar-refractivity contribution in [2.75, 3.05) is 0 Å². The summed E-state index contributed by atoms with van der Waals surface area (Å²) in [5.74, 6) is -1.19. The summed E-state index contributed by atoms with van der Waals surface area (Å²) >= 11 is 0. The van der Waals surface area contributed by atoms with Crippen molar-refractivity contribution in [3.8, 4) is 0 Å². The van der Waals surface area contributed by atoms with Crippen LogP contribution in [0, 0.1) is 0 Å². The Labute approximate surface area is 42.6 Å². The second-order valence-electron chi connectivity index (χ2n) is 1.01. The Bertz CT molecular complexity index is 58.0. The van der Waals surface area contributed by atoms with Crippen molar-refractivity contribution in [3.05, 3.63) is 0 Å². The SMILES string of the molecule is C.C[C@H](O)C(=O)O. The third-order valence-electron chi connectivity index (χ3n) is 0.357. The van der Waals surface area contributed by atoms with Crippen LogP contribution >= 0.6 is 0 Å². The van der Waals surface area contributed by atoms with Crippen molar-refractivity contribution in [1.82, 2.24) is 0 Å². The molecule has 0 fully saturated rings. The fourth-order valence-electron chi connectivity index (χ4n) is 0. The van der Waals surface area contributed by atoms with E-state index in [1.807, 2.05) is 0 Å². The molecule has 0 saturated carbocycles. The van der Waals surface area contributed by atoms with E-state index in [1.165, 1.54) is 6.92 Å². The topological polar surface area (TPSA) is 57.5 Å². The van der Waals surface area contributed by atoms with Gasteiger partial charge in [0.15, 0.2) is 0 Å². The Balaban J connectivity index is 0. The van der Waals surface area contributed by atoms with Gasteiger partial charge < -0.3 is 10.2 Å². The number of hydrogen-bond acceptors (Lipinski definition) is 2. The number of aliphatic carboxylic acids is 1. The molecule has 0 rings (SSSR count). The first-order valence-electron chi connectivity index (χ1n) is 1.55. The summed E-state index contributed by atoms with van der Waals surface area (Å²) in [5.41, 5.74) is 0. The lowest BCUT2D eigenvalue weighted by atomic mass is 10.4. The minimum atomic E-state index is -1.23. The van der Waals surface area contributed by atoms with Crippen LogP contribution in [0.1, 0.15) is 14.4 Å². The summed E-state index contributed by atoms with van der Waals surface area (Å²) < 4.78 is 0. The molecule has 0 aliphatic rings. The van der Waals surface area contributed by atoms with Gasteiger partial charge in [-0.05, 0) is 6.92 Å². The maximum Gasteiger partial charge on any atom is 0.332 e. The van der Waals surface area contributed by atoms with Crippen molar-refractivity contribution < 1.29 is 15.0 Å². The molecular formula is C4H10O3. The maximum absolute atomic E-state index is 9.45. The number of hydrogen-bond donors (Lipinski definition) is 2. The van der Waals surface area contributed by atoms with Gasteiger partial charge in [0.1, 0.15) is 6.10 Å². The summed E-state index contributed by atoms with van der Waals surface area (Å²) in [6, 6.07) is 0. The number of carboxylic acid groups (broad SMARTS) is 1. The molecule has 0 amide bonds. The van der Waals surface area contributed by atoms with Crippen LogP contribution < -0.4 is 0 Å². The van der Waals surface area contributed by atoms with E-state index in [0.717, 1.165) is 0 Å². The second-order valence-corrected chi connectivity index (χ2v) is 1.01. The minimum Gasteiger partial charge on any atom is -0.479 e. The maximum atomic E-state index is 9.45. The summed E-state index contributed by atoms with van der Waals surface area (Å²) in [6.07, 6.45) is -1.23. The van der Waals surface area contributed by atoms with Crippen molar-refractivity contribution in [2.45, 2.75) is 20.5 Å². The molecule has 0 saturated heterocycles. The predicted octanol–water partition coefficient (Wildman–Crippen LogP) is 0.0879.